The van der Waals surface area contributed by atoms with Gasteiger partial charge in [0.05, 0.1) is 19.4 Å². The first-order chi connectivity index (χ1) is 8.22. The highest BCUT2D eigenvalue weighted by molar-refractivity contribution is 5.91. The van der Waals surface area contributed by atoms with Crippen molar-refractivity contribution in [2.45, 2.75) is 25.4 Å². The maximum atomic E-state index is 11.2. The number of ether oxygens (including phenoxy) is 2. The number of nitrogens with zero attached hydrogens (tertiary/aromatic N) is 2. The monoisotopic (exact) mass is 238 g/mol. The molecule has 1 aromatic heterocycles. The van der Waals surface area contributed by atoms with Crippen molar-refractivity contribution in [2.24, 2.45) is 0 Å². The molecule has 1 aromatic rings. The molecular weight excluding hydrogens is 224 g/mol. The van der Waals surface area contributed by atoms with Crippen LogP contribution in [0, 0.1) is 0 Å². The third-order valence-corrected chi connectivity index (χ3v) is 2.78. The quantitative estimate of drug-likeness (QED) is 0.839. The standard InChI is InChI=1S/C11H14N2O4/c1-16-10-9(11(14)15)7(6-12-13-10)5-8-3-2-4-17-8/h6,8H,2-5H2,1H3,(H,14,15). The highest BCUT2D eigenvalue weighted by Gasteiger charge is 2.23. The van der Waals surface area contributed by atoms with Gasteiger partial charge in [0.1, 0.15) is 5.56 Å². The van der Waals surface area contributed by atoms with Gasteiger partial charge in [-0.05, 0) is 18.4 Å². The Kier molecular flexibility index (Phi) is 3.53. The van der Waals surface area contributed by atoms with Gasteiger partial charge >= 0.3 is 5.97 Å². The lowest BCUT2D eigenvalue weighted by Crippen LogP contribution is -2.15. The Hall–Kier alpha value is -1.69. The molecule has 0 aromatic carbocycles. The molecule has 1 atom stereocenters. The second-order valence-electron chi connectivity index (χ2n) is 3.90. The maximum absolute atomic E-state index is 11.2. The van der Waals surface area contributed by atoms with E-state index in [1.165, 1.54) is 13.3 Å². The van der Waals surface area contributed by atoms with Gasteiger partial charge in [-0.15, -0.1) is 5.10 Å². The van der Waals surface area contributed by atoms with E-state index in [9.17, 15) is 4.79 Å². The third kappa shape index (κ3) is 2.52. The number of hydrogen-bond acceptors (Lipinski definition) is 5. The lowest BCUT2D eigenvalue weighted by Gasteiger charge is -2.12. The zero-order chi connectivity index (χ0) is 12.3. The molecule has 0 spiro atoms. The van der Waals surface area contributed by atoms with Gasteiger partial charge < -0.3 is 14.6 Å². The number of carbonyl (C=O) groups is 1. The number of aromatic nitrogens is 2. The maximum Gasteiger partial charge on any atom is 0.341 e. The van der Waals surface area contributed by atoms with Gasteiger partial charge in [0, 0.05) is 13.0 Å². The molecule has 1 fully saturated rings. The van der Waals surface area contributed by atoms with Crippen molar-refractivity contribution in [1.29, 1.82) is 0 Å². The normalized spacial score (nSPS) is 19.2. The Labute approximate surface area is 98.6 Å². The lowest BCUT2D eigenvalue weighted by molar-refractivity contribution is 0.0688. The van der Waals surface area contributed by atoms with Crippen LogP contribution in [0.15, 0.2) is 6.20 Å². The zero-order valence-corrected chi connectivity index (χ0v) is 9.55. The molecule has 0 aliphatic carbocycles. The van der Waals surface area contributed by atoms with E-state index in [1.807, 2.05) is 0 Å². The van der Waals surface area contributed by atoms with Crippen LogP contribution in [-0.4, -0.2) is 41.1 Å². The molecule has 0 radical (unpaired) electrons. The molecule has 0 bridgehead atoms. The topological polar surface area (TPSA) is 81.5 Å². The summed E-state index contributed by atoms with van der Waals surface area (Å²) in [6.45, 7) is 0.739. The second kappa shape index (κ2) is 5.09. The van der Waals surface area contributed by atoms with Crippen LogP contribution in [-0.2, 0) is 11.2 Å². The predicted octanol–water partition coefficient (Wildman–Crippen LogP) is 0.905. The van der Waals surface area contributed by atoms with Gasteiger partial charge in [0.15, 0.2) is 0 Å². The van der Waals surface area contributed by atoms with Crippen LogP contribution < -0.4 is 4.74 Å². The Morgan fingerprint density at radius 1 is 1.71 bits per heavy atom. The van der Waals surface area contributed by atoms with Crippen LogP contribution >= 0.6 is 0 Å². The summed E-state index contributed by atoms with van der Waals surface area (Å²) in [6, 6.07) is 0. The van der Waals surface area contributed by atoms with E-state index in [0.717, 1.165) is 19.4 Å². The minimum Gasteiger partial charge on any atom is -0.479 e. The second-order valence-corrected chi connectivity index (χ2v) is 3.90. The Bertz CT molecular complexity index is 416. The largest absolute Gasteiger partial charge is 0.479 e. The SMILES string of the molecule is COc1nncc(CC2CCCO2)c1C(=O)O. The minimum atomic E-state index is -1.05. The van der Waals surface area contributed by atoms with Crippen LogP contribution in [0.3, 0.4) is 0 Å². The van der Waals surface area contributed by atoms with Crippen molar-refractivity contribution in [2.75, 3.05) is 13.7 Å². The fourth-order valence-corrected chi connectivity index (χ4v) is 1.98. The van der Waals surface area contributed by atoms with Gasteiger partial charge in [-0.3, -0.25) is 0 Å². The summed E-state index contributed by atoms with van der Waals surface area (Å²) in [6.07, 6.45) is 4.04. The number of rotatable bonds is 4. The number of hydrogen-bond donors (Lipinski definition) is 1. The number of methoxy groups -OCH3 is 1. The van der Waals surface area contributed by atoms with Crippen molar-refractivity contribution in [3.05, 3.63) is 17.3 Å². The molecule has 6 nitrogen and oxygen atoms in total. The van der Waals surface area contributed by atoms with Gasteiger partial charge in [0.2, 0.25) is 5.88 Å². The number of aromatic carboxylic acids is 1. The number of carboxylic acid groups (broad SMARTS) is 1. The molecule has 1 unspecified atom stereocenters. The van der Waals surface area contributed by atoms with Gasteiger partial charge in [-0.2, -0.15) is 5.10 Å². The van der Waals surface area contributed by atoms with E-state index in [2.05, 4.69) is 10.2 Å². The molecule has 1 saturated heterocycles. The molecule has 2 rings (SSSR count). The Balaban J connectivity index is 2.28. The highest BCUT2D eigenvalue weighted by Crippen LogP contribution is 2.23. The molecule has 0 saturated carbocycles. The summed E-state index contributed by atoms with van der Waals surface area (Å²) < 4.78 is 10.4. The molecule has 1 N–H and O–H groups in total. The van der Waals surface area contributed by atoms with Crippen molar-refractivity contribution in [1.82, 2.24) is 10.2 Å². The summed E-state index contributed by atoms with van der Waals surface area (Å²) in [5, 5.41) is 16.6. The summed E-state index contributed by atoms with van der Waals surface area (Å²) in [5.41, 5.74) is 0.689. The smallest absolute Gasteiger partial charge is 0.341 e. The van der Waals surface area contributed by atoms with Crippen molar-refractivity contribution in [3.63, 3.8) is 0 Å². The molecule has 0 amide bonds. The fraction of sp³-hybridized carbons (Fsp3) is 0.545. The van der Waals surface area contributed by atoms with E-state index in [-0.39, 0.29) is 17.5 Å². The van der Waals surface area contributed by atoms with Crippen molar-refractivity contribution >= 4 is 5.97 Å². The Morgan fingerprint density at radius 2 is 2.53 bits per heavy atom. The van der Waals surface area contributed by atoms with Crippen LogP contribution in [0.1, 0.15) is 28.8 Å². The van der Waals surface area contributed by atoms with Crippen LogP contribution in [0.5, 0.6) is 5.88 Å². The third-order valence-electron chi connectivity index (χ3n) is 2.78. The van der Waals surface area contributed by atoms with E-state index in [1.54, 1.807) is 0 Å². The average Bonchev–Trinajstić information content (AvgIpc) is 2.81. The average molecular weight is 238 g/mol. The van der Waals surface area contributed by atoms with E-state index in [0.29, 0.717) is 12.0 Å². The van der Waals surface area contributed by atoms with Gasteiger partial charge in [-0.1, -0.05) is 0 Å². The zero-order valence-electron chi connectivity index (χ0n) is 9.55. The number of carboxylic acids is 1. The van der Waals surface area contributed by atoms with E-state index in [4.69, 9.17) is 14.6 Å². The first-order valence-electron chi connectivity index (χ1n) is 5.46. The minimum absolute atomic E-state index is 0.0491. The van der Waals surface area contributed by atoms with E-state index < -0.39 is 5.97 Å². The van der Waals surface area contributed by atoms with Crippen LogP contribution in [0.25, 0.3) is 0 Å². The molecule has 92 valence electrons. The lowest BCUT2D eigenvalue weighted by atomic mass is 10.0. The van der Waals surface area contributed by atoms with Crippen molar-refractivity contribution < 1.29 is 19.4 Å². The van der Waals surface area contributed by atoms with Gasteiger partial charge in [0.25, 0.3) is 0 Å². The highest BCUT2D eigenvalue weighted by atomic mass is 16.5. The summed E-state index contributed by atoms with van der Waals surface area (Å²) >= 11 is 0. The fourth-order valence-electron chi connectivity index (χ4n) is 1.98. The molecular formula is C11H14N2O4. The molecule has 1 aliphatic heterocycles. The molecule has 2 heterocycles. The summed E-state index contributed by atoms with van der Waals surface area (Å²) in [5.74, 6) is -1.00. The van der Waals surface area contributed by atoms with Gasteiger partial charge in [-0.25, -0.2) is 4.79 Å². The first-order valence-corrected chi connectivity index (χ1v) is 5.46. The van der Waals surface area contributed by atoms with Crippen molar-refractivity contribution in [3.8, 4) is 5.88 Å². The summed E-state index contributed by atoms with van der Waals surface area (Å²) in [7, 11) is 1.38. The van der Waals surface area contributed by atoms with Crippen LogP contribution in [0.2, 0.25) is 0 Å². The Morgan fingerprint density at radius 3 is 3.12 bits per heavy atom. The van der Waals surface area contributed by atoms with Crippen LogP contribution in [0.4, 0.5) is 0 Å². The van der Waals surface area contributed by atoms with E-state index >= 15 is 0 Å². The molecule has 1 aliphatic rings. The predicted molar refractivity (Wildman–Crippen MR) is 58.2 cm³/mol. The molecule has 17 heavy (non-hydrogen) atoms. The summed E-state index contributed by atoms with van der Waals surface area (Å²) in [4.78, 5) is 11.2. The first kappa shape index (κ1) is 11.8. The molecule has 6 heteroatoms.